The van der Waals surface area contributed by atoms with E-state index < -0.39 is 0 Å². The molecule has 0 amide bonds. The van der Waals surface area contributed by atoms with Gasteiger partial charge in [-0.05, 0) is 24.8 Å². The van der Waals surface area contributed by atoms with Crippen LogP contribution in [0, 0.1) is 5.92 Å². The highest BCUT2D eigenvalue weighted by Crippen LogP contribution is 2.30. The molecule has 1 aromatic carbocycles. The van der Waals surface area contributed by atoms with Crippen molar-refractivity contribution in [1.29, 1.82) is 0 Å². The molecule has 1 aliphatic heterocycles. The average molecular weight is 286 g/mol. The Bertz CT molecular complexity index is 438. The molecular formula is C19H26O2. The molecule has 0 saturated carbocycles. The molecule has 114 valence electrons. The number of ether oxygens (including phenoxy) is 1. The molecule has 1 fully saturated rings. The van der Waals surface area contributed by atoms with Gasteiger partial charge in [0.1, 0.15) is 6.10 Å². The largest absolute Gasteiger partial charge is 0.461 e. The molecule has 2 nitrogen and oxygen atoms in total. The lowest BCUT2D eigenvalue weighted by Crippen LogP contribution is -2.46. The molecule has 0 bridgehead atoms. The molecule has 1 heterocycles. The lowest BCUT2D eigenvalue weighted by Gasteiger charge is -2.35. The highest BCUT2D eigenvalue weighted by atomic mass is 16.6. The first-order chi connectivity index (χ1) is 10.3. The average Bonchev–Trinajstić information content (AvgIpc) is 2.50. The Morgan fingerprint density at radius 2 is 1.76 bits per heavy atom. The van der Waals surface area contributed by atoms with Gasteiger partial charge in [0.15, 0.2) is 0 Å². The van der Waals surface area contributed by atoms with Gasteiger partial charge in [0, 0.05) is 6.42 Å². The number of cyclic esters (lactones) is 1. The number of carbonyl (C=O) groups excluding carboxylic acids is 1. The Hall–Kier alpha value is -1.57. The second kappa shape index (κ2) is 8.66. The summed E-state index contributed by atoms with van der Waals surface area (Å²) in [4.78, 5) is 11.6. The van der Waals surface area contributed by atoms with Gasteiger partial charge in [-0.3, -0.25) is 4.79 Å². The zero-order valence-electron chi connectivity index (χ0n) is 12.8. The molecule has 2 unspecified atom stereocenters. The number of hydrogen-bond acceptors (Lipinski definition) is 2. The monoisotopic (exact) mass is 286 g/mol. The minimum Gasteiger partial charge on any atom is -0.461 e. The summed E-state index contributed by atoms with van der Waals surface area (Å²) in [6.07, 6.45) is 11.2. The maximum atomic E-state index is 11.6. The summed E-state index contributed by atoms with van der Waals surface area (Å²) >= 11 is 0. The van der Waals surface area contributed by atoms with Crippen LogP contribution in [0.4, 0.5) is 0 Å². The Balaban J connectivity index is 1.63. The number of hydrogen-bond donors (Lipinski definition) is 0. The summed E-state index contributed by atoms with van der Waals surface area (Å²) in [6, 6.07) is 10.3. The molecule has 0 spiro atoms. The predicted molar refractivity (Wildman–Crippen MR) is 86.0 cm³/mol. The van der Waals surface area contributed by atoms with Crippen molar-refractivity contribution in [2.24, 2.45) is 5.92 Å². The van der Waals surface area contributed by atoms with E-state index in [0.29, 0.717) is 0 Å². The third-order valence-corrected chi connectivity index (χ3v) is 4.22. The van der Waals surface area contributed by atoms with Crippen LogP contribution in [0.3, 0.4) is 0 Å². The molecule has 1 aliphatic rings. The van der Waals surface area contributed by atoms with Crippen molar-refractivity contribution >= 4 is 5.97 Å². The van der Waals surface area contributed by atoms with Crippen LogP contribution < -0.4 is 0 Å². The van der Waals surface area contributed by atoms with E-state index in [2.05, 4.69) is 18.7 Å². The van der Waals surface area contributed by atoms with Gasteiger partial charge in [-0.15, -0.1) is 6.58 Å². The fourth-order valence-electron chi connectivity index (χ4n) is 2.92. The maximum absolute atomic E-state index is 11.6. The quantitative estimate of drug-likeness (QED) is 0.354. The van der Waals surface area contributed by atoms with Gasteiger partial charge >= 0.3 is 5.97 Å². The van der Waals surface area contributed by atoms with Crippen LogP contribution in [0.15, 0.2) is 43.0 Å². The number of carbonyl (C=O) groups is 1. The van der Waals surface area contributed by atoms with E-state index in [1.54, 1.807) is 0 Å². The summed E-state index contributed by atoms with van der Waals surface area (Å²) in [6.45, 7) is 3.74. The molecule has 0 aliphatic carbocycles. The number of allylic oxidation sites excluding steroid dienone is 1. The van der Waals surface area contributed by atoms with Gasteiger partial charge in [-0.1, -0.05) is 62.1 Å². The summed E-state index contributed by atoms with van der Waals surface area (Å²) in [5.41, 5.74) is 1.25. The molecule has 2 heteroatoms. The number of rotatable bonds is 10. The summed E-state index contributed by atoms with van der Waals surface area (Å²) < 4.78 is 5.32. The minimum atomic E-state index is 0.00240. The molecule has 0 aromatic heterocycles. The van der Waals surface area contributed by atoms with Gasteiger partial charge in [-0.25, -0.2) is 0 Å². The number of esters is 1. The fourth-order valence-corrected chi connectivity index (χ4v) is 2.92. The smallest absolute Gasteiger partial charge is 0.313 e. The van der Waals surface area contributed by atoms with Gasteiger partial charge in [0.25, 0.3) is 0 Å². The Kier molecular flexibility index (Phi) is 6.52. The summed E-state index contributed by atoms with van der Waals surface area (Å²) in [5, 5.41) is 0. The van der Waals surface area contributed by atoms with Crippen molar-refractivity contribution in [2.75, 3.05) is 0 Å². The third-order valence-electron chi connectivity index (χ3n) is 4.22. The summed E-state index contributed by atoms with van der Waals surface area (Å²) in [5.74, 6) is 0.126. The van der Waals surface area contributed by atoms with E-state index in [9.17, 15) is 4.79 Å². The second-order valence-corrected chi connectivity index (χ2v) is 5.91. The van der Waals surface area contributed by atoms with Gasteiger partial charge < -0.3 is 4.74 Å². The first-order valence-electron chi connectivity index (χ1n) is 8.16. The van der Waals surface area contributed by atoms with E-state index in [1.807, 2.05) is 24.3 Å². The van der Waals surface area contributed by atoms with Crippen molar-refractivity contribution in [2.45, 2.75) is 57.5 Å². The fraction of sp³-hybridized carbons (Fsp3) is 0.526. The SMILES string of the molecule is C=CCCCCCCCC1C(=O)OC1Cc1ccccc1. The Labute approximate surface area is 128 Å². The van der Waals surface area contributed by atoms with Crippen molar-refractivity contribution in [3.63, 3.8) is 0 Å². The molecule has 0 radical (unpaired) electrons. The van der Waals surface area contributed by atoms with E-state index in [-0.39, 0.29) is 18.0 Å². The molecule has 0 N–H and O–H groups in total. The normalized spacial score (nSPS) is 20.7. The molecule has 1 saturated heterocycles. The highest BCUT2D eigenvalue weighted by molar-refractivity contribution is 5.78. The molecule has 2 atom stereocenters. The molecule has 1 aromatic rings. The number of benzene rings is 1. The molecule has 21 heavy (non-hydrogen) atoms. The van der Waals surface area contributed by atoms with Crippen LogP contribution in [-0.4, -0.2) is 12.1 Å². The second-order valence-electron chi connectivity index (χ2n) is 5.91. The van der Waals surface area contributed by atoms with Crippen molar-refractivity contribution < 1.29 is 9.53 Å². The van der Waals surface area contributed by atoms with Gasteiger partial charge in [0.2, 0.25) is 0 Å². The Morgan fingerprint density at radius 1 is 1.05 bits per heavy atom. The van der Waals surface area contributed by atoms with Crippen LogP contribution in [0.1, 0.15) is 50.5 Å². The third kappa shape index (κ3) is 5.04. The van der Waals surface area contributed by atoms with E-state index in [4.69, 9.17) is 4.74 Å². The molecular weight excluding hydrogens is 260 g/mol. The maximum Gasteiger partial charge on any atom is 0.313 e. The first kappa shape index (κ1) is 15.8. The zero-order chi connectivity index (χ0) is 14.9. The topological polar surface area (TPSA) is 26.3 Å². The molecule has 2 rings (SSSR count). The summed E-state index contributed by atoms with van der Waals surface area (Å²) in [7, 11) is 0. The van der Waals surface area contributed by atoms with Crippen LogP contribution in [0.5, 0.6) is 0 Å². The first-order valence-corrected chi connectivity index (χ1v) is 8.16. The lowest BCUT2D eigenvalue weighted by atomic mass is 9.87. The standard InChI is InChI=1S/C19H26O2/c1-2-3-4-5-6-7-11-14-17-18(21-19(17)20)15-16-12-9-8-10-13-16/h2,8-10,12-13,17-18H,1,3-7,11,14-15H2. The zero-order valence-corrected chi connectivity index (χ0v) is 12.8. The van der Waals surface area contributed by atoms with Crippen molar-refractivity contribution in [3.8, 4) is 0 Å². The number of unbranched alkanes of at least 4 members (excludes halogenated alkanes) is 5. The Morgan fingerprint density at radius 3 is 2.48 bits per heavy atom. The highest BCUT2D eigenvalue weighted by Gasteiger charge is 2.41. The van der Waals surface area contributed by atoms with Gasteiger partial charge in [0.05, 0.1) is 5.92 Å². The van der Waals surface area contributed by atoms with Gasteiger partial charge in [-0.2, -0.15) is 0 Å². The lowest BCUT2D eigenvalue weighted by molar-refractivity contribution is -0.184. The van der Waals surface area contributed by atoms with E-state index >= 15 is 0 Å². The van der Waals surface area contributed by atoms with E-state index in [1.165, 1.54) is 31.2 Å². The van der Waals surface area contributed by atoms with Crippen LogP contribution in [0.2, 0.25) is 0 Å². The van der Waals surface area contributed by atoms with Crippen molar-refractivity contribution in [1.82, 2.24) is 0 Å². The van der Waals surface area contributed by atoms with Crippen LogP contribution in [-0.2, 0) is 16.0 Å². The van der Waals surface area contributed by atoms with Crippen molar-refractivity contribution in [3.05, 3.63) is 48.6 Å². The van der Waals surface area contributed by atoms with Crippen LogP contribution >= 0.6 is 0 Å². The van der Waals surface area contributed by atoms with E-state index in [0.717, 1.165) is 25.7 Å². The minimum absolute atomic E-state index is 0.00240. The predicted octanol–water partition coefficient (Wildman–Crippen LogP) is 4.69. The van der Waals surface area contributed by atoms with Crippen LogP contribution in [0.25, 0.3) is 0 Å².